The molecule has 0 bridgehead atoms. The highest BCUT2D eigenvalue weighted by Gasteiger charge is 2.25. The first kappa shape index (κ1) is 16.6. The first-order valence-electron chi connectivity index (χ1n) is 8.91. The Morgan fingerprint density at radius 3 is 2.50 bits per heavy atom. The molecule has 3 nitrogen and oxygen atoms in total. The van der Waals surface area contributed by atoms with Crippen LogP contribution in [-0.4, -0.2) is 28.0 Å². The Labute approximate surface area is 153 Å². The number of nitrogens with one attached hydrogen (secondary N) is 1. The summed E-state index contributed by atoms with van der Waals surface area (Å²) in [7, 11) is 2.11. The predicted octanol–water partition coefficient (Wildman–Crippen LogP) is 5.20. The second-order valence-corrected chi connectivity index (χ2v) is 6.94. The Kier molecular flexibility index (Phi) is 4.33. The lowest BCUT2D eigenvalue weighted by molar-refractivity contribution is 0.306. The minimum Gasteiger partial charge on any atom is -0.378 e. The van der Waals surface area contributed by atoms with Crippen molar-refractivity contribution in [3.05, 3.63) is 78.6 Å². The highest BCUT2D eigenvalue weighted by atomic mass is 19.1. The van der Waals surface area contributed by atoms with Gasteiger partial charge in [0.2, 0.25) is 0 Å². The van der Waals surface area contributed by atoms with Gasteiger partial charge in [0.05, 0.1) is 5.69 Å². The van der Waals surface area contributed by atoms with E-state index in [1.807, 2.05) is 36.7 Å². The van der Waals surface area contributed by atoms with Gasteiger partial charge in [-0.1, -0.05) is 6.08 Å². The first-order chi connectivity index (χ1) is 12.6. The molecule has 3 aromatic rings. The van der Waals surface area contributed by atoms with E-state index in [4.69, 9.17) is 0 Å². The lowest BCUT2D eigenvalue weighted by atomic mass is 9.86. The summed E-state index contributed by atoms with van der Waals surface area (Å²) in [6.07, 6.45) is 11.2. The highest BCUT2D eigenvalue weighted by Crippen LogP contribution is 2.41. The van der Waals surface area contributed by atoms with E-state index in [-0.39, 0.29) is 5.82 Å². The standard InChI is InChI=1S/C22H22FN3/c1-15-13-18(9-12-26(15)2)20-14-25-22(17-3-5-19(23)6-4-17)21(20)16-7-10-24-11-8-16/h3-12,14-15,18,25H,13H2,1-2H3. The Bertz CT molecular complexity index is 912. The second kappa shape index (κ2) is 6.79. The zero-order valence-electron chi connectivity index (χ0n) is 15.0. The monoisotopic (exact) mass is 347 g/mol. The number of hydrogen-bond acceptors (Lipinski definition) is 2. The maximum absolute atomic E-state index is 13.4. The number of halogens is 1. The molecule has 0 spiro atoms. The first-order valence-corrected chi connectivity index (χ1v) is 8.91. The van der Waals surface area contributed by atoms with Gasteiger partial charge in [-0.05, 0) is 72.6 Å². The Balaban J connectivity index is 1.85. The van der Waals surface area contributed by atoms with Crippen LogP contribution in [0.25, 0.3) is 22.4 Å². The van der Waals surface area contributed by atoms with Gasteiger partial charge in [0.1, 0.15) is 5.82 Å². The van der Waals surface area contributed by atoms with E-state index in [0.717, 1.165) is 23.2 Å². The number of aromatic amines is 1. The normalized spacial score (nSPS) is 19.7. The van der Waals surface area contributed by atoms with Crippen molar-refractivity contribution in [3.63, 3.8) is 0 Å². The molecule has 26 heavy (non-hydrogen) atoms. The van der Waals surface area contributed by atoms with Gasteiger partial charge >= 0.3 is 0 Å². The average Bonchev–Trinajstić information content (AvgIpc) is 3.10. The maximum atomic E-state index is 13.4. The quantitative estimate of drug-likeness (QED) is 0.706. The van der Waals surface area contributed by atoms with Gasteiger partial charge in [0.15, 0.2) is 0 Å². The van der Waals surface area contributed by atoms with Crippen LogP contribution in [0.3, 0.4) is 0 Å². The van der Waals surface area contributed by atoms with Crippen molar-refractivity contribution in [2.45, 2.75) is 25.3 Å². The summed E-state index contributed by atoms with van der Waals surface area (Å²) in [5.74, 6) is 0.118. The number of rotatable bonds is 3. The Morgan fingerprint density at radius 1 is 1.08 bits per heavy atom. The van der Waals surface area contributed by atoms with Gasteiger partial charge in [-0.25, -0.2) is 4.39 Å². The zero-order chi connectivity index (χ0) is 18.1. The minimum atomic E-state index is -0.224. The summed E-state index contributed by atoms with van der Waals surface area (Å²) in [4.78, 5) is 9.84. The summed E-state index contributed by atoms with van der Waals surface area (Å²) in [5, 5.41) is 0. The average molecular weight is 347 g/mol. The van der Waals surface area contributed by atoms with Gasteiger partial charge in [0.25, 0.3) is 0 Å². The van der Waals surface area contributed by atoms with E-state index in [0.29, 0.717) is 12.0 Å². The number of H-pyrrole nitrogens is 1. The molecule has 0 saturated carbocycles. The number of aromatic nitrogens is 2. The molecule has 1 N–H and O–H groups in total. The molecule has 0 aliphatic carbocycles. The summed E-state index contributed by atoms with van der Waals surface area (Å²) >= 11 is 0. The van der Waals surface area contributed by atoms with Gasteiger partial charge in [0, 0.05) is 43.2 Å². The zero-order valence-corrected chi connectivity index (χ0v) is 15.0. The third-order valence-electron chi connectivity index (χ3n) is 5.26. The third kappa shape index (κ3) is 3.03. The molecule has 4 rings (SSSR count). The molecule has 3 heterocycles. The highest BCUT2D eigenvalue weighted by molar-refractivity contribution is 5.84. The molecule has 2 unspecified atom stereocenters. The van der Waals surface area contributed by atoms with Gasteiger partial charge in [-0.3, -0.25) is 4.98 Å². The predicted molar refractivity (Wildman–Crippen MR) is 103 cm³/mol. The molecule has 0 amide bonds. The summed E-state index contributed by atoms with van der Waals surface area (Å²) in [6.45, 7) is 2.25. The van der Waals surface area contributed by atoms with Crippen molar-refractivity contribution in [1.82, 2.24) is 14.9 Å². The third-order valence-corrected chi connectivity index (χ3v) is 5.26. The van der Waals surface area contributed by atoms with Crippen molar-refractivity contribution >= 4 is 0 Å². The fraction of sp³-hybridized carbons (Fsp3) is 0.227. The maximum Gasteiger partial charge on any atom is 0.123 e. The van der Waals surface area contributed by atoms with Crippen LogP contribution >= 0.6 is 0 Å². The van der Waals surface area contributed by atoms with Crippen molar-refractivity contribution < 1.29 is 4.39 Å². The van der Waals surface area contributed by atoms with Crippen molar-refractivity contribution in [2.75, 3.05) is 7.05 Å². The van der Waals surface area contributed by atoms with E-state index in [9.17, 15) is 4.39 Å². The largest absolute Gasteiger partial charge is 0.378 e. The van der Waals surface area contributed by atoms with E-state index >= 15 is 0 Å². The van der Waals surface area contributed by atoms with Crippen molar-refractivity contribution in [2.24, 2.45) is 0 Å². The van der Waals surface area contributed by atoms with Crippen LogP contribution in [0, 0.1) is 5.82 Å². The van der Waals surface area contributed by atoms with Crippen LogP contribution in [0.2, 0.25) is 0 Å². The number of allylic oxidation sites excluding steroid dienone is 1. The number of pyridine rings is 1. The molecule has 132 valence electrons. The van der Waals surface area contributed by atoms with E-state index < -0.39 is 0 Å². The molecule has 1 aromatic carbocycles. The van der Waals surface area contributed by atoms with Crippen LogP contribution in [-0.2, 0) is 0 Å². The smallest absolute Gasteiger partial charge is 0.123 e. The molecule has 1 aliphatic heterocycles. The summed E-state index contributed by atoms with van der Waals surface area (Å²) in [5.41, 5.74) is 5.56. The van der Waals surface area contributed by atoms with Crippen LogP contribution in [0.1, 0.15) is 24.8 Å². The molecular weight excluding hydrogens is 325 g/mol. The van der Waals surface area contributed by atoms with Crippen molar-refractivity contribution in [1.29, 1.82) is 0 Å². The molecule has 0 saturated heterocycles. The van der Waals surface area contributed by atoms with E-state index in [2.05, 4.69) is 47.3 Å². The number of nitrogens with zero attached hydrogens (tertiary/aromatic N) is 2. The molecule has 0 fully saturated rings. The Morgan fingerprint density at radius 2 is 1.81 bits per heavy atom. The van der Waals surface area contributed by atoms with Crippen LogP contribution in [0.5, 0.6) is 0 Å². The molecule has 4 heteroatoms. The molecule has 0 radical (unpaired) electrons. The van der Waals surface area contributed by atoms with Crippen molar-refractivity contribution in [3.8, 4) is 22.4 Å². The fourth-order valence-corrected chi connectivity index (χ4v) is 3.63. The molecule has 1 aliphatic rings. The van der Waals surface area contributed by atoms with E-state index in [1.165, 1.54) is 23.3 Å². The SMILES string of the molecule is CC1CC(c2c[nH]c(-c3ccc(F)cc3)c2-c2ccncc2)C=CN1C. The van der Waals surface area contributed by atoms with Crippen LogP contribution < -0.4 is 0 Å². The topological polar surface area (TPSA) is 31.9 Å². The van der Waals surface area contributed by atoms with Gasteiger partial charge in [-0.2, -0.15) is 0 Å². The summed E-state index contributed by atoms with van der Waals surface area (Å²) < 4.78 is 13.4. The molecular formula is C22H22FN3. The summed E-state index contributed by atoms with van der Waals surface area (Å²) in [6, 6.07) is 11.2. The van der Waals surface area contributed by atoms with Gasteiger partial charge < -0.3 is 9.88 Å². The lowest BCUT2D eigenvalue weighted by Gasteiger charge is -2.31. The van der Waals surface area contributed by atoms with E-state index in [1.54, 1.807) is 0 Å². The molecule has 2 aromatic heterocycles. The lowest BCUT2D eigenvalue weighted by Crippen LogP contribution is -2.29. The Hall–Kier alpha value is -2.88. The fourth-order valence-electron chi connectivity index (χ4n) is 3.63. The number of benzene rings is 1. The minimum absolute atomic E-state index is 0.224. The molecule has 2 atom stereocenters. The van der Waals surface area contributed by atoms with Crippen LogP contribution in [0.15, 0.2) is 67.3 Å². The number of hydrogen-bond donors (Lipinski definition) is 1. The van der Waals surface area contributed by atoms with Crippen LogP contribution in [0.4, 0.5) is 4.39 Å². The van der Waals surface area contributed by atoms with Gasteiger partial charge in [-0.15, -0.1) is 0 Å². The second-order valence-electron chi connectivity index (χ2n) is 6.94.